The Bertz CT molecular complexity index is 1070. The van der Waals surface area contributed by atoms with Crippen LogP contribution in [-0.4, -0.2) is 41.9 Å². The molecule has 2 heterocycles. The summed E-state index contributed by atoms with van der Waals surface area (Å²) in [7, 11) is 0. The van der Waals surface area contributed by atoms with E-state index in [0.717, 1.165) is 28.7 Å². The number of rotatable bonds is 7. The fraction of sp³-hybridized carbons (Fsp3) is 0.400. The molecule has 1 fully saturated rings. The molecule has 0 spiro atoms. The summed E-state index contributed by atoms with van der Waals surface area (Å²) in [5, 5.41) is 2.79. The van der Waals surface area contributed by atoms with Crippen LogP contribution in [0.15, 0.2) is 47.9 Å². The molecule has 0 saturated carbocycles. The Morgan fingerprint density at radius 1 is 1.28 bits per heavy atom. The van der Waals surface area contributed by atoms with Crippen LogP contribution in [0.5, 0.6) is 5.75 Å². The molecule has 2 aliphatic heterocycles. The van der Waals surface area contributed by atoms with Crippen LogP contribution in [0, 0.1) is 18.8 Å². The molecule has 168 valence electrons. The number of hydrogen-bond donors (Lipinski definition) is 1. The molecule has 1 N–H and O–H groups in total. The minimum atomic E-state index is -0.596. The van der Waals surface area contributed by atoms with Gasteiger partial charge in [0.25, 0.3) is 5.91 Å². The Kier molecular flexibility index (Phi) is 5.91. The van der Waals surface area contributed by atoms with E-state index in [1.165, 1.54) is 4.90 Å². The Hall–Kier alpha value is -3.35. The Morgan fingerprint density at radius 3 is 2.75 bits per heavy atom. The summed E-state index contributed by atoms with van der Waals surface area (Å²) in [4.78, 5) is 38.9. The van der Waals surface area contributed by atoms with Crippen LogP contribution < -0.4 is 10.1 Å². The molecule has 1 aliphatic carbocycles. The Labute approximate surface area is 187 Å². The fourth-order valence-electron chi connectivity index (χ4n) is 4.34. The van der Waals surface area contributed by atoms with Crippen molar-refractivity contribution in [2.45, 2.75) is 40.2 Å². The van der Waals surface area contributed by atoms with Crippen LogP contribution in [-0.2, 0) is 19.1 Å². The molecule has 2 amide bonds. The predicted octanol–water partition coefficient (Wildman–Crippen LogP) is 3.10. The molecular formula is C25H28N2O5. The number of allylic oxidation sites excluding steroid dienone is 3. The summed E-state index contributed by atoms with van der Waals surface area (Å²) >= 11 is 0. The first-order valence-electron chi connectivity index (χ1n) is 11.0. The molecule has 0 aromatic heterocycles. The van der Waals surface area contributed by atoms with Gasteiger partial charge in [0.2, 0.25) is 11.8 Å². The van der Waals surface area contributed by atoms with Crippen LogP contribution in [0.3, 0.4) is 0 Å². The predicted molar refractivity (Wildman–Crippen MR) is 119 cm³/mol. The number of carbonyl (C=O) groups excluding carboxylic acids is 3. The largest absolute Gasteiger partial charge is 0.484 e. The van der Waals surface area contributed by atoms with Crippen molar-refractivity contribution in [3.63, 3.8) is 0 Å². The van der Waals surface area contributed by atoms with Crippen molar-refractivity contribution in [1.29, 1.82) is 0 Å². The van der Waals surface area contributed by atoms with E-state index in [-0.39, 0.29) is 30.3 Å². The lowest BCUT2D eigenvalue weighted by atomic mass is 9.85. The number of nitrogens with zero attached hydrogens (tertiary/aromatic N) is 1. The zero-order valence-corrected chi connectivity index (χ0v) is 18.8. The number of nitrogens with one attached hydrogen (secondary N) is 1. The number of ether oxygens (including phenoxy) is 2. The normalized spacial score (nSPS) is 21.5. The minimum Gasteiger partial charge on any atom is -0.484 e. The van der Waals surface area contributed by atoms with Crippen LogP contribution in [0.4, 0.5) is 0 Å². The zero-order chi connectivity index (χ0) is 23.0. The van der Waals surface area contributed by atoms with Crippen LogP contribution in [0.2, 0.25) is 0 Å². The van der Waals surface area contributed by atoms with Gasteiger partial charge in [0, 0.05) is 12.1 Å². The number of aryl methyl sites for hydroxylation is 1. The summed E-state index contributed by atoms with van der Waals surface area (Å²) in [5.41, 5.74) is 3.32. The quantitative estimate of drug-likeness (QED) is 0.664. The highest BCUT2D eigenvalue weighted by atomic mass is 16.6. The zero-order valence-electron chi connectivity index (χ0n) is 18.8. The highest BCUT2D eigenvalue weighted by Gasteiger charge is 2.53. The molecule has 2 atom stereocenters. The first-order chi connectivity index (χ1) is 15.3. The highest BCUT2D eigenvalue weighted by molar-refractivity contribution is 6.03. The van der Waals surface area contributed by atoms with Crippen LogP contribution in [0.1, 0.15) is 38.3 Å². The van der Waals surface area contributed by atoms with Crippen molar-refractivity contribution >= 4 is 23.4 Å². The number of hydrogen-bond acceptors (Lipinski definition) is 5. The number of amides is 2. The average molecular weight is 437 g/mol. The van der Waals surface area contributed by atoms with E-state index >= 15 is 0 Å². The van der Waals surface area contributed by atoms with E-state index in [2.05, 4.69) is 5.32 Å². The average Bonchev–Trinajstić information content (AvgIpc) is 3.24. The second-order valence-electron chi connectivity index (χ2n) is 8.60. The van der Waals surface area contributed by atoms with Gasteiger partial charge in [-0.25, -0.2) is 4.79 Å². The number of carbonyl (C=O) groups is 3. The maximum absolute atomic E-state index is 13.1. The van der Waals surface area contributed by atoms with Gasteiger partial charge in [-0.2, -0.15) is 0 Å². The Morgan fingerprint density at radius 2 is 2.06 bits per heavy atom. The van der Waals surface area contributed by atoms with E-state index in [0.29, 0.717) is 18.2 Å². The van der Waals surface area contributed by atoms with E-state index in [9.17, 15) is 14.4 Å². The van der Waals surface area contributed by atoms with Crippen molar-refractivity contribution < 1.29 is 23.9 Å². The molecule has 1 saturated heterocycles. The highest BCUT2D eigenvalue weighted by Crippen LogP contribution is 2.47. The fourth-order valence-corrected chi connectivity index (χ4v) is 4.34. The first kappa shape index (κ1) is 21.9. The monoisotopic (exact) mass is 436 g/mol. The molecule has 7 nitrogen and oxygen atoms in total. The molecule has 0 radical (unpaired) electrons. The van der Waals surface area contributed by atoms with Crippen molar-refractivity contribution in [1.82, 2.24) is 10.2 Å². The molecule has 2 unspecified atom stereocenters. The van der Waals surface area contributed by atoms with Gasteiger partial charge in [0.1, 0.15) is 11.8 Å². The lowest BCUT2D eigenvalue weighted by molar-refractivity contribution is -0.140. The molecule has 3 aliphatic rings. The Balaban J connectivity index is 1.61. The van der Waals surface area contributed by atoms with Gasteiger partial charge in [-0.3, -0.25) is 14.5 Å². The molecule has 0 bridgehead atoms. The van der Waals surface area contributed by atoms with Crippen molar-refractivity contribution in [3.8, 4) is 5.75 Å². The SMILES string of the molecule is CCCNC(=O)COc1ccc(C2=CC=CC3C(=O)N4C(=C23)OC(=O)C4C(C)C)cc1C. The minimum absolute atomic E-state index is 0.0427. The van der Waals surface area contributed by atoms with Gasteiger partial charge in [0.15, 0.2) is 6.61 Å². The van der Waals surface area contributed by atoms with E-state index < -0.39 is 12.0 Å². The number of fused-ring (bicyclic) bond motifs is 2. The molecular weight excluding hydrogens is 408 g/mol. The summed E-state index contributed by atoms with van der Waals surface area (Å²) in [6.07, 6.45) is 6.51. The van der Waals surface area contributed by atoms with Gasteiger partial charge in [-0.1, -0.05) is 45.1 Å². The van der Waals surface area contributed by atoms with E-state index in [1.807, 2.05) is 64.1 Å². The van der Waals surface area contributed by atoms with Gasteiger partial charge in [0.05, 0.1) is 5.92 Å². The van der Waals surface area contributed by atoms with Gasteiger partial charge >= 0.3 is 5.97 Å². The molecule has 7 heteroatoms. The third-order valence-corrected chi connectivity index (χ3v) is 5.89. The standard InChI is InChI=1S/C25H28N2O5/c1-5-11-26-20(28)13-31-19-10-9-16(12-15(19)4)17-7-6-8-18-21(17)24-27(23(18)29)22(14(2)3)25(30)32-24/h6-10,12,14,18,22H,5,11,13H2,1-4H3,(H,26,28). The molecule has 1 aromatic carbocycles. The maximum Gasteiger partial charge on any atom is 0.336 e. The maximum atomic E-state index is 13.1. The third-order valence-electron chi connectivity index (χ3n) is 5.89. The van der Waals surface area contributed by atoms with E-state index in [4.69, 9.17) is 9.47 Å². The second-order valence-corrected chi connectivity index (χ2v) is 8.60. The summed E-state index contributed by atoms with van der Waals surface area (Å²) in [6, 6.07) is 5.08. The number of esters is 1. The number of benzene rings is 1. The third kappa shape index (κ3) is 3.72. The summed E-state index contributed by atoms with van der Waals surface area (Å²) in [5.74, 6) is -0.201. The first-order valence-corrected chi connectivity index (χ1v) is 11.0. The van der Waals surface area contributed by atoms with Crippen molar-refractivity contribution in [2.24, 2.45) is 11.8 Å². The topological polar surface area (TPSA) is 84.9 Å². The lowest BCUT2D eigenvalue weighted by Crippen LogP contribution is -2.40. The van der Waals surface area contributed by atoms with Crippen molar-refractivity contribution in [3.05, 3.63) is 59.0 Å². The van der Waals surface area contributed by atoms with E-state index in [1.54, 1.807) is 0 Å². The summed E-state index contributed by atoms with van der Waals surface area (Å²) in [6.45, 7) is 8.30. The smallest absolute Gasteiger partial charge is 0.336 e. The molecule has 1 aromatic rings. The van der Waals surface area contributed by atoms with Crippen LogP contribution in [0.25, 0.3) is 5.57 Å². The molecule has 4 rings (SSSR count). The summed E-state index contributed by atoms with van der Waals surface area (Å²) < 4.78 is 11.3. The van der Waals surface area contributed by atoms with Gasteiger partial charge in [-0.05, 0) is 48.1 Å². The van der Waals surface area contributed by atoms with Gasteiger partial charge in [-0.15, -0.1) is 0 Å². The van der Waals surface area contributed by atoms with Gasteiger partial charge < -0.3 is 14.8 Å². The van der Waals surface area contributed by atoms with Crippen LogP contribution >= 0.6 is 0 Å². The second kappa shape index (κ2) is 8.65. The molecule has 32 heavy (non-hydrogen) atoms. The lowest BCUT2D eigenvalue weighted by Gasteiger charge is -2.21. The van der Waals surface area contributed by atoms with Crippen molar-refractivity contribution in [2.75, 3.05) is 13.2 Å².